The molecular formula is C28H20F4O2. The number of rotatable bonds is 0. The van der Waals surface area contributed by atoms with Crippen LogP contribution in [0.5, 0.6) is 0 Å². The number of hydrogen-bond acceptors (Lipinski definition) is 2. The first-order valence-electron chi connectivity index (χ1n) is 10.7. The molecule has 2 heterocycles. The van der Waals surface area contributed by atoms with Crippen LogP contribution in [0, 0.1) is 51.0 Å². The van der Waals surface area contributed by atoms with E-state index in [2.05, 4.69) is 0 Å². The maximum Gasteiger partial charge on any atom is 0.171 e. The number of fused-ring (bicyclic) bond motifs is 6. The Morgan fingerprint density at radius 1 is 0.382 bits per heavy atom. The average molecular weight is 464 g/mol. The minimum atomic E-state index is -0.421. The fourth-order valence-corrected chi connectivity index (χ4v) is 4.07. The summed E-state index contributed by atoms with van der Waals surface area (Å²) in [4.78, 5) is 0. The van der Waals surface area contributed by atoms with Gasteiger partial charge in [-0.05, 0) is 49.9 Å². The Morgan fingerprint density at radius 3 is 0.794 bits per heavy atom. The van der Waals surface area contributed by atoms with Crippen molar-refractivity contribution in [2.75, 3.05) is 0 Å². The maximum atomic E-state index is 13.9. The predicted octanol–water partition coefficient (Wildman–Crippen LogP) is 8.96. The van der Waals surface area contributed by atoms with Gasteiger partial charge < -0.3 is 8.83 Å². The molecule has 0 saturated carbocycles. The highest BCUT2D eigenvalue weighted by molar-refractivity contribution is 6.06. The SMILES string of the molecule is Cc1ccc2c(oc3c(F)c(C)ccc32)c1F.Cc1ccc2c(oc3c(F)c(C)ccc32)c1F. The van der Waals surface area contributed by atoms with Crippen LogP contribution in [0.1, 0.15) is 22.3 Å². The lowest BCUT2D eigenvalue weighted by atomic mass is 10.1. The summed E-state index contributed by atoms with van der Waals surface area (Å²) in [5.74, 6) is -1.68. The van der Waals surface area contributed by atoms with Gasteiger partial charge in [-0.25, -0.2) is 17.6 Å². The minimum Gasteiger partial charge on any atom is -0.450 e. The molecule has 4 aromatic carbocycles. The molecule has 0 aliphatic heterocycles. The van der Waals surface area contributed by atoms with Crippen molar-refractivity contribution < 1.29 is 26.4 Å². The van der Waals surface area contributed by atoms with Gasteiger partial charge in [-0.1, -0.05) is 48.5 Å². The van der Waals surface area contributed by atoms with Crippen molar-refractivity contribution >= 4 is 43.9 Å². The summed E-state index contributed by atoms with van der Waals surface area (Å²) in [6.07, 6.45) is 0. The van der Waals surface area contributed by atoms with E-state index in [1.165, 1.54) is 0 Å². The van der Waals surface area contributed by atoms with Crippen LogP contribution in [0.25, 0.3) is 43.9 Å². The second-order valence-electron chi connectivity index (χ2n) is 8.50. The summed E-state index contributed by atoms with van der Waals surface area (Å²) in [6, 6.07) is 13.7. The van der Waals surface area contributed by atoms with E-state index in [9.17, 15) is 17.6 Å². The van der Waals surface area contributed by atoms with Crippen LogP contribution in [0.15, 0.2) is 57.4 Å². The zero-order valence-corrected chi connectivity index (χ0v) is 18.9. The Balaban J connectivity index is 0.000000142. The fraction of sp³-hybridized carbons (Fsp3) is 0.143. The summed E-state index contributed by atoms with van der Waals surface area (Å²) in [7, 11) is 0. The summed E-state index contributed by atoms with van der Waals surface area (Å²) in [5.41, 5.74) is 2.49. The molecule has 6 rings (SSSR count). The Bertz CT molecular complexity index is 1490. The van der Waals surface area contributed by atoms with Crippen LogP contribution in [0.2, 0.25) is 0 Å². The molecule has 0 bridgehead atoms. The largest absolute Gasteiger partial charge is 0.450 e. The van der Waals surface area contributed by atoms with Crippen molar-refractivity contribution in [2.24, 2.45) is 0 Å². The first-order chi connectivity index (χ1) is 16.2. The lowest BCUT2D eigenvalue weighted by Crippen LogP contribution is -1.81. The third-order valence-corrected chi connectivity index (χ3v) is 6.15. The van der Waals surface area contributed by atoms with Gasteiger partial charge in [0, 0.05) is 21.5 Å². The number of benzene rings is 4. The number of aryl methyl sites for hydroxylation is 4. The third-order valence-electron chi connectivity index (χ3n) is 6.15. The molecule has 0 radical (unpaired) electrons. The van der Waals surface area contributed by atoms with Gasteiger partial charge in [0.05, 0.1) is 0 Å². The van der Waals surface area contributed by atoms with Crippen LogP contribution in [0.3, 0.4) is 0 Å². The zero-order chi connectivity index (χ0) is 24.3. The number of halogens is 4. The molecule has 2 aromatic heterocycles. The fourth-order valence-electron chi connectivity index (χ4n) is 4.07. The Hall–Kier alpha value is -3.80. The Morgan fingerprint density at radius 2 is 0.588 bits per heavy atom. The highest BCUT2D eigenvalue weighted by Crippen LogP contribution is 2.35. The molecule has 0 aliphatic rings. The lowest BCUT2D eigenvalue weighted by molar-refractivity contribution is 0.551. The minimum absolute atomic E-state index is 0.129. The molecule has 0 amide bonds. The van der Waals surface area contributed by atoms with Crippen molar-refractivity contribution in [1.82, 2.24) is 0 Å². The number of furan rings is 2. The van der Waals surface area contributed by atoms with Crippen LogP contribution in [-0.2, 0) is 0 Å². The monoisotopic (exact) mass is 464 g/mol. The van der Waals surface area contributed by atoms with E-state index in [0.29, 0.717) is 43.8 Å². The topological polar surface area (TPSA) is 26.3 Å². The predicted molar refractivity (Wildman–Crippen MR) is 126 cm³/mol. The third kappa shape index (κ3) is 3.24. The standard InChI is InChI=1S/2C14H10F2O/c2*1-7-3-5-9-10-6-4-8(2)12(16)14(10)17-13(9)11(7)15/h2*3-6H,1-2H3. The van der Waals surface area contributed by atoms with E-state index < -0.39 is 23.3 Å². The first-order valence-corrected chi connectivity index (χ1v) is 10.7. The smallest absolute Gasteiger partial charge is 0.171 e. The van der Waals surface area contributed by atoms with E-state index in [-0.39, 0.29) is 22.3 Å². The maximum absolute atomic E-state index is 13.9. The molecule has 34 heavy (non-hydrogen) atoms. The van der Waals surface area contributed by atoms with Crippen molar-refractivity contribution in [3.63, 3.8) is 0 Å². The van der Waals surface area contributed by atoms with Gasteiger partial charge in [-0.2, -0.15) is 0 Å². The molecule has 0 unspecified atom stereocenters. The zero-order valence-electron chi connectivity index (χ0n) is 18.9. The van der Waals surface area contributed by atoms with Gasteiger partial charge in [-0.3, -0.25) is 0 Å². The molecule has 2 nitrogen and oxygen atoms in total. The highest BCUT2D eigenvalue weighted by Gasteiger charge is 2.17. The second-order valence-corrected chi connectivity index (χ2v) is 8.50. The molecule has 0 aliphatic carbocycles. The van der Waals surface area contributed by atoms with Crippen molar-refractivity contribution in [3.05, 3.63) is 94.1 Å². The molecule has 172 valence electrons. The molecule has 0 saturated heterocycles. The molecule has 0 atom stereocenters. The van der Waals surface area contributed by atoms with Gasteiger partial charge in [0.1, 0.15) is 0 Å². The van der Waals surface area contributed by atoms with E-state index in [4.69, 9.17) is 8.83 Å². The van der Waals surface area contributed by atoms with Crippen molar-refractivity contribution in [3.8, 4) is 0 Å². The second kappa shape index (κ2) is 7.90. The van der Waals surface area contributed by atoms with E-state index in [1.807, 2.05) is 0 Å². The summed E-state index contributed by atoms with van der Waals surface area (Å²) in [6.45, 7) is 6.63. The average Bonchev–Trinajstić information content (AvgIpc) is 3.39. The van der Waals surface area contributed by atoms with Gasteiger partial charge in [0.2, 0.25) is 0 Å². The van der Waals surface area contributed by atoms with Crippen LogP contribution >= 0.6 is 0 Å². The first kappa shape index (κ1) is 22.0. The molecule has 0 N–H and O–H groups in total. The summed E-state index contributed by atoms with van der Waals surface area (Å²) in [5, 5.41) is 2.45. The van der Waals surface area contributed by atoms with E-state index >= 15 is 0 Å². The lowest BCUT2D eigenvalue weighted by Gasteiger charge is -1.95. The molecule has 6 heteroatoms. The van der Waals surface area contributed by atoms with E-state index in [1.54, 1.807) is 76.2 Å². The summed E-state index contributed by atoms with van der Waals surface area (Å²) >= 11 is 0. The van der Waals surface area contributed by atoms with Crippen LogP contribution < -0.4 is 0 Å². The highest BCUT2D eigenvalue weighted by atomic mass is 19.1. The summed E-state index contributed by atoms with van der Waals surface area (Å²) < 4.78 is 66.1. The molecule has 0 fully saturated rings. The van der Waals surface area contributed by atoms with Crippen LogP contribution in [-0.4, -0.2) is 0 Å². The van der Waals surface area contributed by atoms with Gasteiger partial charge >= 0.3 is 0 Å². The number of hydrogen-bond donors (Lipinski definition) is 0. The normalized spacial score (nSPS) is 11.5. The quantitative estimate of drug-likeness (QED) is 0.210. The van der Waals surface area contributed by atoms with E-state index in [0.717, 1.165) is 0 Å². The van der Waals surface area contributed by atoms with Gasteiger partial charge in [0.15, 0.2) is 45.6 Å². The van der Waals surface area contributed by atoms with Gasteiger partial charge in [0.25, 0.3) is 0 Å². The Kier molecular flexibility index (Phi) is 5.12. The van der Waals surface area contributed by atoms with Crippen molar-refractivity contribution in [1.29, 1.82) is 0 Å². The van der Waals surface area contributed by atoms with Crippen molar-refractivity contribution in [2.45, 2.75) is 27.7 Å². The molecule has 6 aromatic rings. The molecule has 0 spiro atoms. The van der Waals surface area contributed by atoms with Crippen LogP contribution in [0.4, 0.5) is 17.6 Å². The Labute approximate surface area is 192 Å². The van der Waals surface area contributed by atoms with Gasteiger partial charge in [-0.15, -0.1) is 0 Å². The molecular weight excluding hydrogens is 444 g/mol.